The van der Waals surface area contributed by atoms with Gasteiger partial charge in [0.1, 0.15) is 6.33 Å². The minimum absolute atomic E-state index is 0.0714. The van der Waals surface area contributed by atoms with E-state index < -0.39 is 4.92 Å². The van der Waals surface area contributed by atoms with Crippen LogP contribution in [0.1, 0.15) is 26.2 Å². The number of rotatable bonds is 8. The van der Waals surface area contributed by atoms with E-state index in [9.17, 15) is 10.1 Å². The van der Waals surface area contributed by atoms with Crippen LogP contribution in [0.3, 0.4) is 0 Å². The van der Waals surface area contributed by atoms with Crippen molar-refractivity contribution >= 4 is 29.1 Å². The summed E-state index contributed by atoms with van der Waals surface area (Å²) in [6, 6.07) is 0. The fourth-order valence-electron chi connectivity index (χ4n) is 1.89. The molecule has 7 nitrogen and oxygen atoms in total. The minimum atomic E-state index is -0.432. The summed E-state index contributed by atoms with van der Waals surface area (Å²) in [6.45, 7) is 3.33. The number of nitro groups is 1. The van der Waals surface area contributed by atoms with Gasteiger partial charge in [0.05, 0.1) is 4.92 Å². The largest absolute Gasteiger partial charge is 0.364 e. The molecule has 1 heterocycles. The van der Waals surface area contributed by atoms with Crippen LogP contribution in [0.4, 0.5) is 17.3 Å². The molecule has 0 atom stereocenters. The van der Waals surface area contributed by atoms with Crippen LogP contribution in [0.15, 0.2) is 6.33 Å². The molecule has 0 aromatic carbocycles. The molecule has 2 N–H and O–H groups in total. The van der Waals surface area contributed by atoms with Crippen LogP contribution in [0.5, 0.6) is 0 Å². The topological polar surface area (TPSA) is 93.0 Å². The quantitative estimate of drug-likeness (QED) is 0.562. The first-order chi connectivity index (χ1) is 9.62. The fraction of sp³-hybridized carbons (Fsp3) is 0.667. The van der Waals surface area contributed by atoms with Crippen molar-refractivity contribution in [3.8, 4) is 0 Å². The van der Waals surface area contributed by atoms with Crippen LogP contribution in [0.2, 0.25) is 0 Å². The van der Waals surface area contributed by atoms with Crippen molar-refractivity contribution in [3.05, 3.63) is 16.4 Å². The number of nitrogens with zero attached hydrogens (tertiary/aromatic N) is 3. The summed E-state index contributed by atoms with van der Waals surface area (Å²) < 4.78 is 0.218. The van der Waals surface area contributed by atoms with E-state index in [0.717, 1.165) is 19.3 Å². The maximum atomic E-state index is 11.3. The first kappa shape index (κ1) is 14.8. The van der Waals surface area contributed by atoms with Gasteiger partial charge in [0, 0.05) is 17.8 Å². The maximum Gasteiger partial charge on any atom is 0.353 e. The maximum absolute atomic E-state index is 11.3. The molecule has 0 aliphatic heterocycles. The van der Waals surface area contributed by atoms with Gasteiger partial charge in [-0.2, -0.15) is 11.8 Å². The predicted molar refractivity (Wildman–Crippen MR) is 81.4 cm³/mol. The fourth-order valence-corrected chi connectivity index (χ4v) is 2.62. The van der Waals surface area contributed by atoms with E-state index in [1.54, 1.807) is 11.8 Å². The van der Waals surface area contributed by atoms with Crippen LogP contribution in [0.25, 0.3) is 0 Å². The van der Waals surface area contributed by atoms with Crippen LogP contribution in [0, 0.1) is 10.1 Å². The minimum Gasteiger partial charge on any atom is -0.364 e. The molecule has 0 saturated heterocycles. The molecule has 8 heteroatoms. The highest BCUT2D eigenvalue weighted by Crippen LogP contribution is 2.47. The average Bonchev–Trinajstić information content (AvgIpc) is 3.23. The molecule has 110 valence electrons. The summed E-state index contributed by atoms with van der Waals surface area (Å²) >= 11 is 1.80. The summed E-state index contributed by atoms with van der Waals surface area (Å²) in [4.78, 5) is 18.8. The Balaban J connectivity index is 2.16. The summed E-state index contributed by atoms with van der Waals surface area (Å²) in [5.74, 6) is 0.576. The van der Waals surface area contributed by atoms with Crippen LogP contribution < -0.4 is 10.6 Å². The van der Waals surface area contributed by atoms with Gasteiger partial charge in [-0.05, 0) is 25.5 Å². The van der Waals surface area contributed by atoms with Crippen LogP contribution in [-0.4, -0.2) is 39.0 Å². The Morgan fingerprint density at radius 3 is 2.55 bits per heavy atom. The zero-order valence-electron chi connectivity index (χ0n) is 11.7. The number of anilines is 2. The summed E-state index contributed by atoms with van der Waals surface area (Å²) in [5, 5.41) is 17.3. The Morgan fingerprint density at radius 1 is 1.40 bits per heavy atom. The van der Waals surface area contributed by atoms with E-state index in [4.69, 9.17) is 0 Å². The number of hydrogen-bond acceptors (Lipinski definition) is 7. The SMILES string of the molecule is CCCNc1ncnc(NCC2(SC)CC2)c1[N+](=O)[O-]. The zero-order valence-corrected chi connectivity index (χ0v) is 12.5. The molecule has 1 fully saturated rings. The van der Waals surface area contributed by atoms with Gasteiger partial charge in [-0.3, -0.25) is 10.1 Å². The lowest BCUT2D eigenvalue weighted by molar-refractivity contribution is -0.383. The smallest absolute Gasteiger partial charge is 0.353 e. The Labute approximate surface area is 122 Å². The molecule has 1 aromatic rings. The lowest BCUT2D eigenvalue weighted by atomic mass is 10.3. The molecular weight excluding hydrogens is 278 g/mol. The number of aromatic nitrogens is 2. The molecule has 1 aliphatic rings. The molecular formula is C12H19N5O2S. The molecule has 0 radical (unpaired) electrons. The van der Waals surface area contributed by atoms with Crippen molar-refractivity contribution in [3.63, 3.8) is 0 Å². The molecule has 1 aromatic heterocycles. The molecule has 0 unspecified atom stereocenters. The third-order valence-electron chi connectivity index (χ3n) is 3.37. The third kappa shape index (κ3) is 3.30. The highest BCUT2D eigenvalue weighted by molar-refractivity contribution is 8.00. The van der Waals surface area contributed by atoms with Gasteiger partial charge >= 0.3 is 5.69 Å². The number of nitrogens with one attached hydrogen (secondary N) is 2. The number of hydrogen-bond donors (Lipinski definition) is 2. The molecule has 1 saturated carbocycles. The highest BCUT2D eigenvalue weighted by Gasteiger charge is 2.42. The second-order valence-corrected chi connectivity index (χ2v) is 6.12. The van der Waals surface area contributed by atoms with E-state index in [1.807, 2.05) is 6.92 Å². The highest BCUT2D eigenvalue weighted by atomic mass is 32.2. The van der Waals surface area contributed by atoms with Crippen molar-refractivity contribution in [1.82, 2.24) is 9.97 Å². The van der Waals surface area contributed by atoms with Gasteiger partial charge in [0.25, 0.3) is 0 Å². The molecule has 0 bridgehead atoms. The van der Waals surface area contributed by atoms with E-state index in [2.05, 4.69) is 26.9 Å². The van der Waals surface area contributed by atoms with Gasteiger partial charge in [-0.1, -0.05) is 6.92 Å². The summed E-state index contributed by atoms with van der Waals surface area (Å²) in [6.07, 6.45) is 6.57. The van der Waals surface area contributed by atoms with E-state index in [1.165, 1.54) is 6.33 Å². The monoisotopic (exact) mass is 297 g/mol. The lowest BCUT2D eigenvalue weighted by Crippen LogP contribution is -2.19. The third-order valence-corrected chi connectivity index (χ3v) is 4.78. The second kappa shape index (κ2) is 6.25. The Hall–Kier alpha value is -1.57. The molecule has 1 aliphatic carbocycles. The van der Waals surface area contributed by atoms with Crippen molar-refractivity contribution in [2.45, 2.75) is 30.9 Å². The average molecular weight is 297 g/mol. The Morgan fingerprint density at radius 2 is 2.05 bits per heavy atom. The van der Waals surface area contributed by atoms with Gasteiger partial charge in [0.2, 0.25) is 11.6 Å². The first-order valence-corrected chi connectivity index (χ1v) is 7.86. The van der Waals surface area contributed by atoms with Gasteiger partial charge in [-0.25, -0.2) is 9.97 Å². The van der Waals surface area contributed by atoms with Gasteiger partial charge < -0.3 is 10.6 Å². The van der Waals surface area contributed by atoms with Gasteiger partial charge in [-0.15, -0.1) is 0 Å². The summed E-state index contributed by atoms with van der Waals surface area (Å²) in [5.41, 5.74) is -0.0714. The van der Waals surface area contributed by atoms with Gasteiger partial charge in [0.15, 0.2) is 0 Å². The molecule has 0 spiro atoms. The molecule has 20 heavy (non-hydrogen) atoms. The first-order valence-electron chi connectivity index (χ1n) is 6.64. The van der Waals surface area contributed by atoms with E-state index in [-0.39, 0.29) is 16.3 Å². The second-order valence-electron chi connectivity index (χ2n) is 4.84. The van der Waals surface area contributed by atoms with Crippen molar-refractivity contribution < 1.29 is 4.92 Å². The Kier molecular flexibility index (Phi) is 4.64. The van der Waals surface area contributed by atoms with E-state index in [0.29, 0.717) is 18.9 Å². The predicted octanol–water partition coefficient (Wildman–Crippen LogP) is 2.51. The van der Waals surface area contributed by atoms with Crippen LogP contribution >= 0.6 is 11.8 Å². The summed E-state index contributed by atoms with van der Waals surface area (Å²) in [7, 11) is 0. The number of thioether (sulfide) groups is 1. The van der Waals surface area contributed by atoms with E-state index >= 15 is 0 Å². The lowest BCUT2D eigenvalue weighted by Gasteiger charge is -2.14. The van der Waals surface area contributed by atoms with Crippen LogP contribution in [-0.2, 0) is 0 Å². The van der Waals surface area contributed by atoms with Crippen molar-refractivity contribution in [2.24, 2.45) is 0 Å². The molecule has 2 rings (SSSR count). The Bertz CT molecular complexity index is 493. The van der Waals surface area contributed by atoms with Crippen molar-refractivity contribution in [1.29, 1.82) is 0 Å². The standard InChI is InChI=1S/C12H19N5O2S/c1-3-6-13-10-9(17(18)19)11(16-8-15-10)14-7-12(20-2)4-5-12/h8H,3-7H2,1-2H3,(H2,13,14,15,16). The molecule has 0 amide bonds. The van der Waals surface area contributed by atoms with Crippen molar-refractivity contribution in [2.75, 3.05) is 30.0 Å². The normalized spacial score (nSPS) is 15.7. The zero-order chi connectivity index (χ0) is 14.6.